The number of fused-ring (bicyclic) bond motifs is 5. The van der Waals surface area contributed by atoms with Crippen molar-refractivity contribution < 1.29 is 68.5 Å². The van der Waals surface area contributed by atoms with Crippen molar-refractivity contribution in [1.82, 2.24) is 10.6 Å². The molecular weight excluding hydrogens is 708 g/mol. The highest BCUT2D eigenvalue weighted by Gasteiger charge is 2.72. The maximum atomic E-state index is 14.8. The van der Waals surface area contributed by atoms with Gasteiger partial charge < -0.3 is 55.1 Å². The van der Waals surface area contributed by atoms with Crippen LogP contribution in [0.15, 0.2) is 23.9 Å². The molecule has 54 heavy (non-hydrogen) atoms. The summed E-state index contributed by atoms with van der Waals surface area (Å²) in [4.78, 5) is 69.9. The number of phenols is 2. The third kappa shape index (κ3) is 5.50. The monoisotopic (exact) mass is 752 g/mol. The van der Waals surface area contributed by atoms with Gasteiger partial charge in [-0.2, -0.15) is 0 Å². The third-order valence-electron chi connectivity index (χ3n) is 10.9. The maximum Gasteiger partial charge on any atom is 0.224 e. The molecule has 16 heteroatoms. The van der Waals surface area contributed by atoms with Gasteiger partial charge in [-0.25, -0.2) is 0 Å². The molecule has 7 N–H and O–H groups in total. The van der Waals surface area contributed by atoms with Crippen LogP contribution in [0.3, 0.4) is 0 Å². The van der Waals surface area contributed by atoms with E-state index in [1.807, 2.05) is 13.8 Å². The minimum atomic E-state index is -3.16. The SMILES string of the molecule is CO[C@@H]1[C@@H](O)[C@@H](OC)[C@@H](NC2=CC(=O)c3c(cc4c(c3O)C(=O)[C@]3(OC)[C@H](O)Cc5cc(C)c(CC(=O)NCC(C)C)c(O)c5[C@]3(O)C4=O)C2=O)O[C@H]1C. The van der Waals surface area contributed by atoms with Crippen LogP contribution in [0.2, 0.25) is 0 Å². The molecule has 0 spiro atoms. The van der Waals surface area contributed by atoms with E-state index in [1.165, 1.54) is 20.3 Å². The zero-order valence-electron chi connectivity index (χ0n) is 30.8. The number of aryl methyl sites for hydroxylation is 1. The number of carbonyl (C=O) groups excluding carboxylic acids is 5. The molecule has 1 fully saturated rings. The fourth-order valence-corrected chi connectivity index (χ4v) is 8.29. The van der Waals surface area contributed by atoms with Crippen molar-refractivity contribution in [3.05, 3.63) is 68.4 Å². The van der Waals surface area contributed by atoms with Crippen molar-refractivity contribution >= 4 is 29.0 Å². The Morgan fingerprint density at radius 3 is 2.26 bits per heavy atom. The van der Waals surface area contributed by atoms with Gasteiger partial charge in [-0.05, 0) is 37.0 Å². The highest BCUT2D eigenvalue weighted by molar-refractivity contribution is 6.30. The lowest BCUT2D eigenvalue weighted by Gasteiger charge is -2.53. The minimum Gasteiger partial charge on any atom is -0.507 e. The van der Waals surface area contributed by atoms with Crippen molar-refractivity contribution in [1.29, 1.82) is 0 Å². The molecule has 3 aliphatic carbocycles. The van der Waals surface area contributed by atoms with E-state index in [1.54, 1.807) is 13.8 Å². The molecule has 0 radical (unpaired) electrons. The van der Waals surface area contributed by atoms with E-state index >= 15 is 0 Å². The van der Waals surface area contributed by atoms with Crippen LogP contribution in [0.4, 0.5) is 0 Å². The number of ketones is 4. The van der Waals surface area contributed by atoms with Crippen LogP contribution in [-0.4, -0.2) is 125 Å². The quantitative estimate of drug-likeness (QED) is 0.182. The van der Waals surface area contributed by atoms with Crippen LogP contribution in [0, 0.1) is 12.8 Å². The van der Waals surface area contributed by atoms with Gasteiger partial charge in [0, 0.05) is 62.6 Å². The Kier molecular flexibility index (Phi) is 10.1. The number of amides is 1. The van der Waals surface area contributed by atoms with E-state index in [2.05, 4.69) is 10.6 Å². The summed E-state index contributed by atoms with van der Waals surface area (Å²) in [5.41, 5.74) is -8.95. The number of carbonyl (C=O) groups is 5. The van der Waals surface area contributed by atoms with Crippen LogP contribution in [0.1, 0.15) is 84.5 Å². The van der Waals surface area contributed by atoms with Crippen LogP contribution < -0.4 is 10.6 Å². The average Bonchev–Trinajstić information content (AvgIpc) is 3.10. The summed E-state index contributed by atoms with van der Waals surface area (Å²) in [6.45, 7) is 7.35. The minimum absolute atomic E-state index is 0.0429. The summed E-state index contributed by atoms with van der Waals surface area (Å²) < 4.78 is 22.2. The van der Waals surface area contributed by atoms with Crippen LogP contribution >= 0.6 is 0 Å². The smallest absolute Gasteiger partial charge is 0.224 e. The number of hydrogen-bond acceptors (Lipinski definition) is 15. The maximum absolute atomic E-state index is 14.8. The first-order valence-corrected chi connectivity index (χ1v) is 17.4. The highest BCUT2D eigenvalue weighted by Crippen LogP contribution is 2.56. The summed E-state index contributed by atoms with van der Waals surface area (Å²) in [7, 11) is 3.64. The first-order valence-electron chi connectivity index (χ1n) is 17.4. The molecule has 0 aromatic heterocycles. The molecule has 0 unspecified atom stereocenters. The first kappa shape index (κ1) is 39.2. The summed E-state index contributed by atoms with van der Waals surface area (Å²) in [5, 5.41) is 63.9. The number of aromatic hydroxyl groups is 2. The van der Waals surface area contributed by atoms with Crippen molar-refractivity contribution in [2.45, 2.75) is 88.5 Å². The second-order valence-corrected chi connectivity index (χ2v) is 14.6. The van der Waals surface area contributed by atoms with Gasteiger partial charge in [-0.1, -0.05) is 19.9 Å². The molecule has 1 saturated heterocycles. The fourth-order valence-electron chi connectivity index (χ4n) is 8.29. The number of ether oxygens (including phenoxy) is 4. The van der Waals surface area contributed by atoms with Gasteiger partial charge in [0.15, 0.2) is 23.2 Å². The van der Waals surface area contributed by atoms with Gasteiger partial charge >= 0.3 is 0 Å². The van der Waals surface area contributed by atoms with E-state index in [9.17, 15) is 49.5 Å². The molecular formula is C38H44N2O14. The first-order chi connectivity index (χ1) is 25.4. The largest absolute Gasteiger partial charge is 0.507 e. The Bertz CT molecular complexity index is 2010. The normalized spacial score (nSPS) is 30.3. The predicted octanol–water partition coefficient (Wildman–Crippen LogP) is 0.278. The van der Waals surface area contributed by atoms with Gasteiger partial charge in [-0.15, -0.1) is 0 Å². The molecule has 16 nitrogen and oxygen atoms in total. The average molecular weight is 753 g/mol. The number of rotatable bonds is 9. The van der Waals surface area contributed by atoms with E-state index in [0.29, 0.717) is 12.1 Å². The molecule has 0 bridgehead atoms. The van der Waals surface area contributed by atoms with Crippen molar-refractivity contribution in [2.24, 2.45) is 5.92 Å². The number of benzene rings is 2. The van der Waals surface area contributed by atoms with Crippen LogP contribution in [0.5, 0.6) is 11.5 Å². The Morgan fingerprint density at radius 2 is 1.65 bits per heavy atom. The molecule has 2 aromatic rings. The molecule has 290 valence electrons. The zero-order valence-corrected chi connectivity index (χ0v) is 30.8. The van der Waals surface area contributed by atoms with Crippen LogP contribution in [-0.2, 0) is 42.2 Å². The van der Waals surface area contributed by atoms with Crippen molar-refractivity contribution in [3.63, 3.8) is 0 Å². The Hall–Kier alpha value is -4.55. The molecule has 8 atom stereocenters. The van der Waals surface area contributed by atoms with E-state index in [0.717, 1.165) is 19.3 Å². The van der Waals surface area contributed by atoms with Gasteiger partial charge in [0.25, 0.3) is 0 Å². The summed E-state index contributed by atoms with van der Waals surface area (Å²) in [6.07, 6.45) is -6.78. The Labute approximate surface area is 310 Å². The molecule has 1 amide bonds. The van der Waals surface area contributed by atoms with E-state index in [-0.39, 0.29) is 29.2 Å². The number of aliphatic hydroxyl groups excluding tert-OH is 2. The molecule has 0 saturated carbocycles. The summed E-state index contributed by atoms with van der Waals surface area (Å²) >= 11 is 0. The molecule has 2 aromatic carbocycles. The highest BCUT2D eigenvalue weighted by atomic mass is 16.6. The fraction of sp³-hybridized carbons (Fsp3) is 0.500. The summed E-state index contributed by atoms with van der Waals surface area (Å²) in [6, 6.07) is 2.37. The zero-order chi connectivity index (χ0) is 39.8. The number of phenolic OH excluding ortho intramolecular Hbond substituents is 2. The number of allylic oxidation sites excluding steroid dienone is 2. The lowest BCUT2D eigenvalue weighted by Crippen LogP contribution is -2.73. The van der Waals surface area contributed by atoms with E-state index in [4.69, 9.17) is 18.9 Å². The van der Waals surface area contributed by atoms with Crippen molar-refractivity contribution in [3.8, 4) is 11.5 Å². The van der Waals surface area contributed by atoms with Crippen LogP contribution in [0.25, 0.3) is 0 Å². The number of nitrogens with one attached hydrogen (secondary N) is 2. The Morgan fingerprint density at radius 1 is 0.981 bits per heavy atom. The number of aliphatic hydroxyl groups is 3. The van der Waals surface area contributed by atoms with Gasteiger partial charge in [0.2, 0.25) is 23.3 Å². The molecule has 4 aliphatic rings. The second kappa shape index (κ2) is 13.9. The summed E-state index contributed by atoms with van der Waals surface area (Å²) in [5.74, 6) is -6.58. The second-order valence-electron chi connectivity index (χ2n) is 14.6. The molecule has 1 aliphatic heterocycles. The lowest BCUT2D eigenvalue weighted by atomic mass is 9.56. The standard InChI is InChI=1S/C38H44N2O14/c1-14(2)13-39-24(43)11-18-15(3)8-17-9-23(42)38(53-7)35(49)26-20(34(48)37(38,50)27(17)29(18)45)10-19-25(30(26)46)22(41)12-21(28(19)44)40-36-33(52-6)31(47)32(51-5)16(4)54-36/h8,10,12,14,16,23,31-33,36,40,42,45-47,50H,9,11,13H2,1-7H3,(H,39,43)/t16-,23+,31+,32-,33+,36-,37-,38+/m0/s1. The van der Waals surface area contributed by atoms with Gasteiger partial charge in [-0.3, -0.25) is 24.0 Å². The van der Waals surface area contributed by atoms with Gasteiger partial charge in [0.1, 0.15) is 29.8 Å². The predicted molar refractivity (Wildman–Crippen MR) is 186 cm³/mol. The van der Waals surface area contributed by atoms with Gasteiger partial charge in [0.05, 0.1) is 35.5 Å². The number of methoxy groups -OCH3 is 3. The van der Waals surface area contributed by atoms with Crippen molar-refractivity contribution in [2.75, 3.05) is 27.9 Å². The molecule has 1 heterocycles. The third-order valence-corrected chi connectivity index (χ3v) is 10.9. The lowest BCUT2D eigenvalue weighted by molar-refractivity contribution is -0.236. The molecule has 6 rings (SSSR count). The number of Topliss-reactive ketones (excluding diaryl/α,β-unsaturated/α-hetero) is 3. The number of hydrogen-bond donors (Lipinski definition) is 7. The Balaban J connectivity index is 1.47. The topological polar surface area (TPSA) is 247 Å². The van der Waals surface area contributed by atoms with E-state index < -0.39 is 123 Å².